The van der Waals surface area contributed by atoms with Crippen molar-refractivity contribution in [3.63, 3.8) is 0 Å². The van der Waals surface area contributed by atoms with Crippen LogP contribution in [-0.2, 0) is 14.6 Å². The molecule has 1 aliphatic rings. The van der Waals surface area contributed by atoms with E-state index < -0.39 is 43.9 Å². The van der Waals surface area contributed by atoms with Crippen LogP contribution in [0.3, 0.4) is 0 Å². The molecule has 0 radical (unpaired) electrons. The fraction of sp³-hybridized carbons (Fsp3) is 0.250. The van der Waals surface area contributed by atoms with E-state index in [-0.39, 0.29) is 65.9 Å². The van der Waals surface area contributed by atoms with Gasteiger partial charge >= 0.3 is 5.69 Å². The molecule has 1 fully saturated rings. The first-order valence-corrected chi connectivity index (χ1v) is 15.0. The van der Waals surface area contributed by atoms with Gasteiger partial charge in [-0.05, 0) is 42.8 Å². The molecule has 4 aromatic rings. The lowest BCUT2D eigenvalue weighted by Gasteiger charge is -2.41. The monoisotopic (exact) mass is 610 g/mol. The van der Waals surface area contributed by atoms with Gasteiger partial charge < -0.3 is 21.3 Å². The predicted molar refractivity (Wildman–Crippen MR) is 158 cm³/mol. The molecule has 1 saturated heterocycles. The molecule has 0 aliphatic carbocycles. The number of aromatic nitrogens is 4. The molecule has 0 saturated carbocycles. The third-order valence-electron chi connectivity index (χ3n) is 7.26. The number of nitrogen functional groups attached to an aromatic ring is 1. The highest BCUT2D eigenvalue weighted by Crippen LogP contribution is 2.35. The Morgan fingerprint density at radius 2 is 1.93 bits per heavy atom. The number of hydrogen-bond donors (Lipinski definition) is 2. The van der Waals surface area contributed by atoms with Gasteiger partial charge in [0.1, 0.15) is 17.3 Å². The molecule has 0 bridgehead atoms. The van der Waals surface area contributed by atoms with Crippen molar-refractivity contribution in [2.75, 3.05) is 43.1 Å². The van der Waals surface area contributed by atoms with Crippen LogP contribution in [0.5, 0.6) is 0 Å². The highest BCUT2D eigenvalue weighted by molar-refractivity contribution is 7.90. The number of piperazine rings is 1. The van der Waals surface area contributed by atoms with Gasteiger partial charge in [-0.25, -0.2) is 36.5 Å². The van der Waals surface area contributed by atoms with E-state index >= 15 is 4.39 Å². The minimum atomic E-state index is -3.99. The highest BCUT2D eigenvalue weighted by atomic mass is 32.2. The second-order valence-corrected chi connectivity index (χ2v) is 12.0. The minimum absolute atomic E-state index is 0.0132. The van der Waals surface area contributed by atoms with Crippen molar-refractivity contribution >= 4 is 38.3 Å². The first-order valence-electron chi connectivity index (χ1n) is 13.1. The molecule has 5 rings (SSSR count). The fourth-order valence-corrected chi connectivity index (χ4v) is 6.08. The molecule has 12 nitrogen and oxygen atoms in total. The van der Waals surface area contributed by atoms with E-state index in [0.29, 0.717) is 5.56 Å². The average molecular weight is 611 g/mol. The van der Waals surface area contributed by atoms with Crippen molar-refractivity contribution in [3.8, 4) is 16.9 Å². The van der Waals surface area contributed by atoms with Gasteiger partial charge in [-0.2, -0.15) is 4.98 Å². The predicted octanol–water partition coefficient (Wildman–Crippen LogP) is 1.58. The summed E-state index contributed by atoms with van der Waals surface area (Å²) < 4.78 is 57.3. The number of sulfone groups is 1. The number of hydrogen-bond acceptors (Lipinski definition) is 10. The Morgan fingerprint density at radius 3 is 2.58 bits per heavy atom. The van der Waals surface area contributed by atoms with Crippen LogP contribution in [0.25, 0.3) is 28.0 Å². The molecule has 3 aromatic heterocycles. The van der Waals surface area contributed by atoms with Crippen molar-refractivity contribution in [2.24, 2.45) is 5.73 Å². The number of carbonyl (C=O) groups excluding carboxylic acids is 1. The van der Waals surface area contributed by atoms with Gasteiger partial charge in [0.2, 0.25) is 5.91 Å². The van der Waals surface area contributed by atoms with E-state index in [1.807, 2.05) is 0 Å². The number of rotatable bonds is 6. The third-order valence-corrected chi connectivity index (χ3v) is 8.27. The zero-order chi connectivity index (χ0) is 31.2. The number of nitrogens with zero attached hydrogens (tertiary/aromatic N) is 6. The van der Waals surface area contributed by atoms with Gasteiger partial charge in [-0.15, -0.1) is 0 Å². The summed E-state index contributed by atoms with van der Waals surface area (Å²) in [6.07, 6.45) is 3.39. The molecule has 224 valence electrons. The summed E-state index contributed by atoms with van der Waals surface area (Å²) in [6.45, 7) is 5.71. The SMILES string of the molecule is C=CC(=O)N1CCN(c2nc(=O)n(-c3c(C)ccnc3S(C)(=O)=O)c3nc(-c4c(N)cccc4F)c(F)cc23)[C@@H](CN)C1. The lowest BCUT2D eigenvalue weighted by molar-refractivity contribution is -0.126. The number of nitrogens with two attached hydrogens (primary N) is 2. The minimum Gasteiger partial charge on any atom is -0.398 e. The number of fused-ring (bicyclic) bond motifs is 1. The van der Waals surface area contributed by atoms with Crippen molar-refractivity contribution in [2.45, 2.75) is 18.0 Å². The Hall–Kier alpha value is -4.76. The topological polar surface area (TPSA) is 170 Å². The Kier molecular flexibility index (Phi) is 7.70. The molecule has 1 aliphatic heterocycles. The number of halogens is 2. The zero-order valence-electron chi connectivity index (χ0n) is 23.3. The second kappa shape index (κ2) is 11.1. The Morgan fingerprint density at radius 1 is 1.19 bits per heavy atom. The highest BCUT2D eigenvalue weighted by Gasteiger charge is 2.32. The largest absolute Gasteiger partial charge is 0.398 e. The first-order chi connectivity index (χ1) is 20.4. The number of pyridine rings is 2. The number of carbonyl (C=O) groups is 1. The van der Waals surface area contributed by atoms with E-state index in [9.17, 15) is 22.4 Å². The molecule has 15 heteroatoms. The van der Waals surface area contributed by atoms with Crippen LogP contribution in [-0.4, -0.2) is 77.2 Å². The summed E-state index contributed by atoms with van der Waals surface area (Å²) >= 11 is 0. The molecule has 1 amide bonds. The van der Waals surface area contributed by atoms with Crippen LogP contribution in [0.15, 0.2) is 59.0 Å². The third kappa shape index (κ3) is 5.21. The number of anilines is 2. The van der Waals surface area contributed by atoms with Gasteiger partial charge in [0, 0.05) is 44.3 Å². The van der Waals surface area contributed by atoms with Gasteiger partial charge in [-0.3, -0.25) is 4.79 Å². The maximum Gasteiger partial charge on any atom is 0.355 e. The van der Waals surface area contributed by atoms with Crippen molar-refractivity contribution in [3.05, 3.63) is 76.9 Å². The molecule has 0 unspecified atom stereocenters. The van der Waals surface area contributed by atoms with Crippen LogP contribution in [0, 0.1) is 18.6 Å². The molecule has 1 atom stereocenters. The van der Waals surface area contributed by atoms with E-state index in [1.54, 1.807) is 16.7 Å². The van der Waals surface area contributed by atoms with E-state index in [0.717, 1.165) is 23.0 Å². The summed E-state index contributed by atoms with van der Waals surface area (Å²) in [5.74, 6) is -2.10. The van der Waals surface area contributed by atoms with Gasteiger partial charge in [0.25, 0.3) is 0 Å². The van der Waals surface area contributed by atoms with Crippen molar-refractivity contribution < 1.29 is 22.0 Å². The summed E-state index contributed by atoms with van der Waals surface area (Å²) in [5, 5.41) is -0.416. The van der Waals surface area contributed by atoms with E-state index in [1.165, 1.54) is 30.5 Å². The second-order valence-electron chi connectivity index (χ2n) is 10.1. The summed E-state index contributed by atoms with van der Waals surface area (Å²) in [7, 11) is -3.99. The Bertz CT molecular complexity index is 1940. The van der Waals surface area contributed by atoms with Crippen LogP contribution >= 0.6 is 0 Å². The molecule has 43 heavy (non-hydrogen) atoms. The van der Waals surface area contributed by atoms with Crippen LogP contribution in [0.1, 0.15) is 5.56 Å². The van der Waals surface area contributed by atoms with Gasteiger partial charge in [-0.1, -0.05) is 12.6 Å². The smallest absolute Gasteiger partial charge is 0.355 e. The quantitative estimate of drug-likeness (QED) is 0.241. The Balaban J connectivity index is 1.87. The summed E-state index contributed by atoms with van der Waals surface area (Å²) in [5.41, 5.74) is 10.2. The first kappa shape index (κ1) is 29.7. The van der Waals surface area contributed by atoms with Crippen LogP contribution < -0.4 is 22.1 Å². The molecule has 1 aromatic carbocycles. The molecular formula is C28H28F2N8O4S. The van der Waals surface area contributed by atoms with E-state index in [4.69, 9.17) is 11.5 Å². The lowest BCUT2D eigenvalue weighted by Crippen LogP contribution is -2.57. The lowest BCUT2D eigenvalue weighted by atomic mass is 10.1. The summed E-state index contributed by atoms with van der Waals surface area (Å²) in [6, 6.07) is 5.83. The maximum atomic E-state index is 15.9. The van der Waals surface area contributed by atoms with Crippen LogP contribution in [0.2, 0.25) is 0 Å². The van der Waals surface area contributed by atoms with Crippen molar-refractivity contribution in [1.82, 2.24) is 24.4 Å². The normalized spacial score (nSPS) is 15.6. The van der Waals surface area contributed by atoms with Gasteiger partial charge in [0.05, 0.1) is 22.7 Å². The summed E-state index contributed by atoms with van der Waals surface area (Å²) in [4.78, 5) is 42.0. The molecule has 0 spiro atoms. The standard InChI is InChI=1S/C28H28F2N8O4S/c1-4-21(39)36-10-11-37(16(13-31)14-36)25-17-12-19(30)23(22-18(29)6-5-7-20(22)32)34-26(17)38(28(40)35-25)24-15(2)8-9-33-27(24)43(3,41)42/h4-9,12,16H,1,10-11,13-14,31-32H2,2-3H3/t16-/m0/s1. The van der Waals surface area contributed by atoms with Gasteiger partial charge in [0.15, 0.2) is 26.3 Å². The molecule has 4 N–H and O–H groups in total. The molecular weight excluding hydrogens is 582 g/mol. The van der Waals surface area contributed by atoms with Crippen molar-refractivity contribution in [1.29, 1.82) is 0 Å². The molecule has 4 heterocycles. The number of benzene rings is 1. The fourth-order valence-electron chi connectivity index (χ4n) is 5.23. The van der Waals surface area contributed by atoms with Crippen LogP contribution in [0.4, 0.5) is 20.3 Å². The number of aryl methyl sites for hydroxylation is 1. The number of amides is 1. The maximum absolute atomic E-state index is 15.9. The average Bonchev–Trinajstić information content (AvgIpc) is 2.96. The Labute approximate surface area is 245 Å². The van der Waals surface area contributed by atoms with E-state index in [2.05, 4.69) is 21.5 Å². The zero-order valence-corrected chi connectivity index (χ0v) is 24.1.